The Morgan fingerprint density at radius 3 is 2.52 bits per heavy atom. The number of hydrogen-bond acceptors (Lipinski definition) is 4. The number of para-hydroxylation sites is 1. The minimum atomic E-state index is -1.22. The largest absolute Gasteiger partial charge is 0.477 e. The van der Waals surface area contributed by atoms with Gasteiger partial charge in [-0.15, -0.1) is 11.3 Å². The Morgan fingerprint density at radius 1 is 1.03 bits per heavy atom. The first-order valence-corrected chi connectivity index (χ1v) is 9.92. The van der Waals surface area contributed by atoms with Crippen molar-refractivity contribution in [2.75, 3.05) is 10.6 Å². The van der Waals surface area contributed by atoms with E-state index in [2.05, 4.69) is 10.6 Å². The van der Waals surface area contributed by atoms with Crippen molar-refractivity contribution in [3.05, 3.63) is 69.4 Å². The number of thiophene rings is 1. The van der Waals surface area contributed by atoms with Crippen LogP contribution in [0.25, 0.3) is 11.1 Å². The molecule has 0 bridgehead atoms. The van der Waals surface area contributed by atoms with E-state index in [1.165, 1.54) is 0 Å². The molecular formula is C22H16N2O4S. The van der Waals surface area contributed by atoms with Gasteiger partial charge in [-0.25, -0.2) is 4.79 Å². The molecule has 144 valence electrons. The van der Waals surface area contributed by atoms with Crippen molar-refractivity contribution in [1.29, 1.82) is 0 Å². The van der Waals surface area contributed by atoms with Crippen molar-refractivity contribution in [3.63, 3.8) is 0 Å². The molecule has 0 unspecified atom stereocenters. The molecule has 7 heteroatoms. The molecule has 2 aliphatic heterocycles. The summed E-state index contributed by atoms with van der Waals surface area (Å²) < 4.78 is 0. The summed E-state index contributed by atoms with van der Waals surface area (Å²) in [7, 11) is 0. The van der Waals surface area contributed by atoms with Gasteiger partial charge in [0.05, 0.1) is 17.0 Å². The highest BCUT2D eigenvalue weighted by atomic mass is 32.1. The van der Waals surface area contributed by atoms with Gasteiger partial charge in [0.25, 0.3) is 0 Å². The van der Waals surface area contributed by atoms with Gasteiger partial charge in [-0.3, -0.25) is 9.59 Å². The quantitative estimate of drug-likeness (QED) is 0.602. The highest BCUT2D eigenvalue weighted by Crippen LogP contribution is 2.56. The zero-order valence-corrected chi connectivity index (χ0v) is 16.2. The number of fused-ring (bicyclic) bond motifs is 4. The van der Waals surface area contributed by atoms with E-state index in [-0.39, 0.29) is 23.1 Å². The van der Waals surface area contributed by atoms with E-state index in [0.29, 0.717) is 27.4 Å². The highest BCUT2D eigenvalue weighted by Gasteiger charge is 2.55. The molecule has 2 amide bonds. The van der Waals surface area contributed by atoms with Gasteiger partial charge in [0, 0.05) is 11.3 Å². The lowest BCUT2D eigenvalue weighted by molar-refractivity contribution is -0.125. The van der Waals surface area contributed by atoms with E-state index >= 15 is 0 Å². The zero-order chi connectivity index (χ0) is 20.3. The molecule has 1 spiro atoms. The van der Waals surface area contributed by atoms with Gasteiger partial charge in [-0.1, -0.05) is 48.5 Å². The fourth-order valence-corrected chi connectivity index (χ4v) is 5.64. The van der Waals surface area contributed by atoms with Crippen LogP contribution in [0, 0.1) is 6.92 Å². The molecule has 0 saturated carbocycles. The van der Waals surface area contributed by atoms with E-state index < -0.39 is 11.4 Å². The van der Waals surface area contributed by atoms with Crippen molar-refractivity contribution < 1.29 is 19.5 Å². The third kappa shape index (κ3) is 2.31. The minimum absolute atomic E-state index is 0.0594. The van der Waals surface area contributed by atoms with Crippen LogP contribution in [0.1, 0.15) is 32.1 Å². The number of amides is 2. The molecule has 6 nitrogen and oxygen atoms in total. The summed E-state index contributed by atoms with van der Waals surface area (Å²) in [4.78, 5) is 38.8. The van der Waals surface area contributed by atoms with Gasteiger partial charge in [0.1, 0.15) is 10.3 Å². The maximum atomic E-state index is 13.3. The second kappa shape index (κ2) is 6.02. The van der Waals surface area contributed by atoms with Gasteiger partial charge in [0.15, 0.2) is 0 Å². The lowest BCUT2D eigenvalue weighted by atomic mass is 9.74. The second-order valence-electron chi connectivity index (χ2n) is 7.26. The van der Waals surface area contributed by atoms with Crippen LogP contribution in [-0.2, 0) is 15.0 Å². The summed E-state index contributed by atoms with van der Waals surface area (Å²) in [6.07, 6.45) is -0.0594. The lowest BCUT2D eigenvalue weighted by Crippen LogP contribution is -2.42. The number of aryl methyl sites for hydroxylation is 1. The van der Waals surface area contributed by atoms with Crippen LogP contribution in [0.2, 0.25) is 0 Å². The molecule has 2 aliphatic rings. The Balaban J connectivity index is 1.87. The summed E-state index contributed by atoms with van der Waals surface area (Å²) in [5.41, 5.74) is 2.64. The lowest BCUT2D eigenvalue weighted by Gasteiger charge is -2.31. The van der Waals surface area contributed by atoms with Gasteiger partial charge < -0.3 is 15.7 Å². The van der Waals surface area contributed by atoms with Crippen molar-refractivity contribution >= 4 is 40.5 Å². The van der Waals surface area contributed by atoms with Gasteiger partial charge in [0.2, 0.25) is 11.8 Å². The number of carbonyl (C=O) groups excluding carboxylic acids is 2. The van der Waals surface area contributed by atoms with Crippen molar-refractivity contribution in [1.82, 2.24) is 0 Å². The molecule has 3 N–H and O–H groups in total. The van der Waals surface area contributed by atoms with E-state index in [1.807, 2.05) is 43.3 Å². The smallest absolute Gasteiger partial charge is 0.346 e. The third-order valence-electron chi connectivity index (χ3n) is 5.60. The third-order valence-corrected chi connectivity index (χ3v) is 6.94. The Labute approximate surface area is 170 Å². The summed E-state index contributed by atoms with van der Waals surface area (Å²) in [6.45, 7) is 1.90. The molecule has 0 fully saturated rings. The van der Waals surface area contributed by atoms with E-state index in [1.54, 1.807) is 12.1 Å². The number of carboxylic acids is 1. The summed E-state index contributed by atoms with van der Waals surface area (Å²) >= 11 is 1.06. The topological polar surface area (TPSA) is 95.5 Å². The van der Waals surface area contributed by atoms with Gasteiger partial charge >= 0.3 is 5.97 Å². The van der Waals surface area contributed by atoms with Crippen LogP contribution >= 0.6 is 11.3 Å². The minimum Gasteiger partial charge on any atom is -0.477 e. The monoisotopic (exact) mass is 404 g/mol. The summed E-state index contributed by atoms with van der Waals surface area (Å²) in [6, 6.07) is 14.7. The fourth-order valence-electron chi connectivity index (χ4n) is 4.32. The number of nitrogens with one attached hydrogen (secondary N) is 2. The van der Waals surface area contributed by atoms with Crippen molar-refractivity contribution in [3.8, 4) is 11.1 Å². The molecular weight excluding hydrogens is 388 g/mol. The van der Waals surface area contributed by atoms with Crippen molar-refractivity contribution in [2.24, 2.45) is 0 Å². The predicted molar refractivity (Wildman–Crippen MR) is 111 cm³/mol. The first-order chi connectivity index (χ1) is 13.9. The highest BCUT2D eigenvalue weighted by molar-refractivity contribution is 7.15. The van der Waals surface area contributed by atoms with Crippen LogP contribution in [0.15, 0.2) is 48.5 Å². The van der Waals surface area contributed by atoms with Crippen LogP contribution < -0.4 is 10.6 Å². The molecule has 0 radical (unpaired) electrons. The molecule has 5 rings (SSSR count). The second-order valence-corrected chi connectivity index (χ2v) is 8.28. The standard InChI is InChI=1S/C22H16N2O4S/c1-11-6-5-9-13-16(11)24-21(28)22(13)10-14(25)23-17-15(12-7-3-2-4-8-12)18(20(26)27)29-19(17)22/h2-9H,10H2,1H3,(H,23,25)(H,24,28)(H,26,27)/t22-/m0/s1. The van der Waals surface area contributed by atoms with E-state index in [4.69, 9.17) is 0 Å². The summed E-state index contributed by atoms with van der Waals surface area (Å²) in [5, 5.41) is 15.6. The Kier molecular flexibility index (Phi) is 3.66. The number of rotatable bonds is 2. The number of anilines is 2. The number of benzene rings is 2. The Hall–Kier alpha value is -3.45. The Morgan fingerprint density at radius 2 is 1.79 bits per heavy atom. The molecule has 1 aromatic heterocycles. The fraction of sp³-hybridized carbons (Fsp3) is 0.136. The van der Waals surface area contributed by atoms with Gasteiger partial charge in [-0.05, 0) is 23.6 Å². The van der Waals surface area contributed by atoms with Crippen LogP contribution in [0.3, 0.4) is 0 Å². The van der Waals surface area contributed by atoms with Crippen LogP contribution in [-0.4, -0.2) is 22.9 Å². The average molecular weight is 404 g/mol. The van der Waals surface area contributed by atoms with E-state index in [0.717, 1.165) is 22.5 Å². The average Bonchev–Trinajstić information content (AvgIpc) is 3.21. The first-order valence-electron chi connectivity index (χ1n) is 9.11. The molecule has 3 aromatic rings. The SMILES string of the molecule is Cc1cccc2c1NC(=O)[C@@]21CC(=O)Nc2c1sc(C(=O)O)c2-c1ccccc1. The number of hydrogen-bond donors (Lipinski definition) is 3. The normalized spacial score (nSPS) is 19.5. The number of carbonyl (C=O) groups is 3. The molecule has 0 aliphatic carbocycles. The van der Waals surface area contributed by atoms with Crippen LogP contribution in [0.5, 0.6) is 0 Å². The number of carboxylic acid groups (broad SMARTS) is 1. The maximum absolute atomic E-state index is 13.3. The molecule has 1 atom stereocenters. The predicted octanol–water partition coefficient (Wildman–Crippen LogP) is 4.00. The molecule has 3 heterocycles. The maximum Gasteiger partial charge on any atom is 0.346 e. The summed E-state index contributed by atoms with van der Waals surface area (Å²) in [5.74, 6) is -1.69. The number of aromatic carboxylic acids is 1. The molecule has 29 heavy (non-hydrogen) atoms. The van der Waals surface area contributed by atoms with E-state index in [9.17, 15) is 19.5 Å². The van der Waals surface area contributed by atoms with Crippen molar-refractivity contribution in [2.45, 2.75) is 18.8 Å². The Bertz CT molecular complexity index is 1220. The zero-order valence-electron chi connectivity index (χ0n) is 15.4. The van der Waals surface area contributed by atoms with Gasteiger partial charge in [-0.2, -0.15) is 0 Å². The van der Waals surface area contributed by atoms with Crippen LogP contribution in [0.4, 0.5) is 11.4 Å². The first kappa shape index (κ1) is 17.6. The molecule has 2 aromatic carbocycles. The molecule has 0 saturated heterocycles.